The standard InChI is InChI=1S/C25H23N5O3S/c1-32-18-14-12-16(13-15-18)21-22(24(31)26-19-10-6-7-11-20(19)33-2)34-25-28-27-23(30(25)29-21)17-8-4-3-5-9-17/h3-15,21-22,29H,1-2H3,(H,26,31)/t21-,22-/m0/s1. The summed E-state index contributed by atoms with van der Waals surface area (Å²) in [5.41, 5.74) is 5.96. The third-order valence-corrected chi connectivity index (χ3v) is 6.78. The zero-order chi connectivity index (χ0) is 23.5. The van der Waals surface area contributed by atoms with Crippen molar-refractivity contribution in [1.82, 2.24) is 14.9 Å². The Balaban J connectivity index is 1.51. The summed E-state index contributed by atoms with van der Waals surface area (Å²) in [7, 11) is 3.21. The minimum Gasteiger partial charge on any atom is -0.497 e. The molecule has 0 spiro atoms. The maximum atomic E-state index is 13.5. The molecule has 1 aromatic heterocycles. The molecule has 0 saturated carbocycles. The lowest BCUT2D eigenvalue weighted by Crippen LogP contribution is -2.41. The number of benzene rings is 3. The predicted octanol–water partition coefficient (Wildman–Crippen LogP) is 4.36. The topological polar surface area (TPSA) is 90.3 Å². The van der Waals surface area contributed by atoms with Crippen LogP contribution < -0.4 is 20.2 Å². The first kappa shape index (κ1) is 21.8. The van der Waals surface area contributed by atoms with Crippen molar-refractivity contribution >= 4 is 23.4 Å². The van der Waals surface area contributed by atoms with Crippen molar-refractivity contribution in [3.8, 4) is 22.9 Å². The number of hydrogen-bond acceptors (Lipinski definition) is 7. The fraction of sp³-hybridized carbons (Fsp3) is 0.160. The molecule has 1 amide bonds. The van der Waals surface area contributed by atoms with Gasteiger partial charge < -0.3 is 20.2 Å². The zero-order valence-corrected chi connectivity index (χ0v) is 19.5. The Kier molecular flexibility index (Phi) is 6.09. The van der Waals surface area contributed by atoms with E-state index in [2.05, 4.69) is 20.9 Å². The maximum Gasteiger partial charge on any atom is 0.240 e. The minimum absolute atomic E-state index is 0.168. The molecule has 2 heterocycles. The Morgan fingerprint density at radius 2 is 1.68 bits per heavy atom. The number of methoxy groups -OCH3 is 2. The average Bonchev–Trinajstić information content (AvgIpc) is 3.32. The number of anilines is 1. The van der Waals surface area contributed by atoms with Crippen LogP contribution in [0.1, 0.15) is 11.6 Å². The molecule has 1 aliphatic heterocycles. The summed E-state index contributed by atoms with van der Waals surface area (Å²) in [6.07, 6.45) is 0. The van der Waals surface area contributed by atoms with E-state index in [0.717, 1.165) is 16.9 Å². The van der Waals surface area contributed by atoms with Crippen molar-refractivity contribution in [3.05, 3.63) is 84.4 Å². The van der Waals surface area contributed by atoms with E-state index in [-0.39, 0.29) is 11.9 Å². The second-order valence-electron chi connectivity index (χ2n) is 7.62. The van der Waals surface area contributed by atoms with Crippen LogP contribution in [0.3, 0.4) is 0 Å². The van der Waals surface area contributed by atoms with Gasteiger partial charge in [-0.15, -0.1) is 10.2 Å². The highest BCUT2D eigenvalue weighted by atomic mass is 32.2. The molecular weight excluding hydrogens is 450 g/mol. The number of rotatable bonds is 6. The van der Waals surface area contributed by atoms with Gasteiger partial charge in [0.05, 0.1) is 25.9 Å². The van der Waals surface area contributed by atoms with Gasteiger partial charge in [-0.05, 0) is 29.8 Å². The lowest BCUT2D eigenvalue weighted by Gasteiger charge is -2.33. The van der Waals surface area contributed by atoms with Crippen molar-refractivity contribution in [2.24, 2.45) is 0 Å². The predicted molar refractivity (Wildman–Crippen MR) is 132 cm³/mol. The monoisotopic (exact) mass is 473 g/mol. The molecule has 0 fully saturated rings. The third-order valence-electron chi connectivity index (χ3n) is 5.57. The lowest BCUT2D eigenvalue weighted by molar-refractivity contribution is -0.116. The normalized spacial score (nSPS) is 16.8. The van der Waals surface area contributed by atoms with Crippen LogP contribution in [0.15, 0.2) is 84.0 Å². The molecule has 0 saturated heterocycles. The Bertz CT molecular complexity index is 1290. The number of nitrogens with one attached hydrogen (secondary N) is 2. The van der Waals surface area contributed by atoms with E-state index in [0.29, 0.717) is 22.4 Å². The van der Waals surface area contributed by atoms with Gasteiger partial charge in [0.2, 0.25) is 11.1 Å². The molecule has 8 nitrogen and oxygen atoms in total. The number of amides is 1. The van der Waals surface area contributed by atoms with Crippen LogP contribution in [-0.4, -0.2) is 40.3 Å². The number of nitrogens with zero attached hydrogens (tertiary/aromatic N) is 3. The van der Waals surface area contributed by atoms with Crippen LogP contribution in [-0.2, 0) is 4.79 Å². The zero-order valence-electron chi connectivity index (χ0n) is 18.6. The molecule has 3 aromatic carbocycles. The first-order chi connectivity index (χ1) is 16.7. The Morgan fingerprint density at radius 3 is 2.41 bits per heavy atom. The quantitative estimate of drug-likeness (QED) is 0.430. The van der Waals surface area contributed by atoms with Crippen molar-refractivity contribution in [2.75, 3.05) is 25.0 Å². The highest BCUT2D eigenvalue weighted by Crippen LogP contribution is 2.39. The van der Waals surface area contributed by atoms with E-state index in [1.165, 1.54) is 11.8 Å². The van der Waals surface area contributed by atoms with Crippen LogP contribution in [0.4, 0.5) is 5.69 Å². The van der Waals surface area contributed by atoms with E-state index in [4.69, 9.17) is 9.47 Å². The van der Waals surface area contributed by atoms with Gasteiger partial charge in [-0.2, -0.15) is 0 Å². The average molecular weight is 474 g/mol. The van der Waals surface area contributed by atoms with Gasteiger partial charge in [0.1, 0.15) is 16.7 Å². The molecule has 9 heteroatoms. The van der Waals surface area contributed by atoms with Crippen LogP contribution in [0.25, 0.3) is 11.4 Å². The Morgan fingerprint density at radius 1 is 0.941 bits per heavy atom. The van der Waals surface area contributed by atoms with Gasteiger partial charge in [0.15, 0.2) is 5.82 Å². The van der Waals surface area contributed by atoms with Crippen molar-refractivity contribution in [3.63, 3.8) is 0 Å². The van der Waals surface area contributed by atoms with Gasteiger partial charge in [0, 0.05) is 5.56 Å². The number of hydrogen-bond donors (Lipinski definition) is 2. The van der Waals surface area contributed by atoms with E-state index in [9.17, 15) is 4.79 Å². The highest BCUT2D eigenvalue weighted by molar-refractivity contribution is 8.00. The first-order valence-electron chi connectivity index (χ1n) is 10.7. The molecule has 34 heavy (non-hydrogen) atoms. The first-order valence-corrected chi connectivity index (χ1v) is 11.6. The van der Waals surface area contributed by atoms with E-state index in [1.807, 2.05) is 83.5 Å². The second kappa shape index (κ2) is 9.48. The van der Waals surface area contributed by atoms with E-state index < -0.39 is 5.25 Å². The minimum atomic E-state index is -0.515. The van der Waals surface area contributed by atoms with Gasteiger partial charge in [0.25, 0.3) is 0 Å². The molecule has 0 unspecified atom stereocenters. The number of para-hydroxylation sites is 2. The Labute approximate surface area is 201 Å². The summed E-state index contributed by atoms with van der Waals surface area (Å²) in [5, 5.41) is 11.9. The number of carbonyl (C=O) groups is 1. The molecule has 172 valence electrons. The van der Waals surface area contributed by atoms with Crippen LogP contribution in [0.5, 0.6) is 11.5 Å². The van der Waals surface area contributed by atoms with Crippen LogP contribution in [0, 0.1) is 0 Å². The fourth-order valence-electron chi connectivity index (χ4n) is 3.84. The summed E-state index contributed by atoms with van der Waals surface area (Å²) >= 11 is 1.37. The van der Waals surface area contributed by atoms with Crippen molar-refractivity contribution < 1.29 is 14.3 Å². The van der Waals surface area contributed by atoms with Gasteiger partial charge in [-0.25, -0.2) is 4.68 Å². The molecule has 5 rings (SSSR count). The second-order valence-corrected chi connectivity index (χ2v) is 8.72. The lowest BCUT2D eigenvalue weighted by atomic mass is 10.0. The van der Waals surface area contributed by atoms with Crippen molar-refractivity contribution in [1.29, 1.82) is 0 Å². The SMILES string of the molecule is COc1ccc([C@@H]2Nn3c(nnc3-c3ccccc3)S[C@@H]2C(=O)Nc2ccccc2OC)cc1. The third kappa shape index (κ3) is 4.17. The summed E-state index contributed by atoms with van der Waals surface area (Å²) in [5.74, 6) is 1.86. The number of ether oxygens (including phenoxy) is 2. The van der Waals surface area contributed by atoms with E-state index in [1.54, 1.807) is 14.2 Å². The molecule has 2 atom stereocenters. The molecule has 0 radical (unpaired) electrons. The van der Waals surface area contributed by atoms with Crippen molar-refractivity contribution in [2.45, 2.75) is 16.4 Å². The molecule has 1 aliphatic rings. The molecule has 2 N–H and O–H groups in total. The van der Waals surface area contributed by atoms with Gasteiger partial charge in [-0.3, -0.25) is 4.79 Å². The summed E-state index contributed by atoms with van der Waals surface area (Å²) in [4.78, 5) is 13.5. The van der Waals surface area contributed by atoms with Gasteiger partial charge in [-0.1, -0.05) is 66.4 Å². The number of carbonyl (C=O) groups excluding carboxylic acids is 1. The smallest absolute Gasteiger partial charge is 0.240 e. The molecule has 0 aliphatic carbocycles. The highest BCUT2D eigenvalue weighted by Gasteiger charge is 2.38. The largest absolute Gasteiger partial charge is 0.497 e. The maximum absolute atomic E-state index is 13.5. The Hall–Kier alpha value is -3.98. The molecule has 0 bridgehead atoms. The summed E-state index contributed by atoms with van der Waals surface area (Å²) in [6.45, 7) is 0. The number of aromatic nitrogens is 3. The number of fused-ring (bicyclic) bond motifs is 1. The summed E-state index contributed by atoms with van der Waals surface area (Å²) in [6, 6.07) is 24.5. The number of thioether (sulfide) groups is 1. The summed E-state index contributed by atoms with van der Waals surface area (Å²) < 4.78 is 12.6. The van der Waals surface area contributed by atoms with E-state index >= 15 is 0 Å². The fourth-order valence-corrected chi connectivity index (χ4v) is 4.92. The van der Waals surface area contributed by atoms with Crippen LogP contribution >= 0.6 is 11.8 Å². The molecular formula is C25H23N5O3S. The van der Waals surface area contributed by atoms with Crippen LogP contribution in [0.2, 0.25) is 0 Å². The van der Waals surface area contributed by atoms with Gasteiger partial charge >= 0.3 is 0 Å². The molecule has 4 aromatic rings.